The predicted octanol–water partition coefficient (Wildman–Crippen LogP) is 9.05. The lowest BCUT2D eigenvalue weighted by atomic mass is 9.78. The Morgan fingerprint density at radius 3 is 2.00 bits per heavy atom. The van der Waals surface area contributed by atoms with Gasteiger partial charge >= 0.3 is 6.11 Å². The minimum absolute atomic E-state index is 0.240. The van der Waals surface area contributed by atoms with Gasteiger partial charge < -0.3 is 4.74 Å². The summed E-state index contributed by atoms with van der Waals surface area (Å²) in [5.41, 5.74) is -0.494. The van der Waals surface area contributed by atoms with Crippen molar-refractivity contribution in [2.75, 3.05) is 0 Å². The highest BCUT2D eigenvalue weighted by molar-refractivity contribution is 5.65. The Bertz CT molecular complexity index is 898. The maximum atomic E-state index is 14.4. The van der Waals surface area contributed by atoms with Crippen molar-refractivity contribution >= 4 is 0 Å². The number of hydrogen-bond acceptors (Lipinski definition) is 1. The van der Waals surface area contributed by atoms with E-state index in [0.717, 1.165) is 43.9 Å². The number of hydrogen-bond donors (Lipinski definition) is 0. The van der Waals surface area contributed by atoms with Crippen LogP contribution in [0.1, 0.15) is 71.1 Å². The van der Waals surface area contributed by atoms with Crippen molar-refractivity contribution in [3.63, 3.8) is 0 Å². The van der Waals surface area contributed by atoms with Gasteiger partial charge in [-0.25, -0.2) is 17.6 Å². The number of alkyl halides is 2. The first kappa shape index (κ1) is 25.4. The van der Waals surface area contributed by atoms with Crippen LogP contribution in [0, 0.1) is 35.1 Å². The Labute approximate surface area is 191 Å². The third-order valence-electron chi connectivity index (χ3n) is 6.53. The van der Waals surface area contributed by atoms with Gasteiger partial charge in [-0.2, -0.15) is 8.78 Å². The summed E-state index contributed by atoms with van der Waals surface area (Å²) in [5, 5.41) is 0. The van der Waals surface area contributed by atoms with E-state index in [2.05, 4.69) is 6.92 Å². The maximum absolute atomic E-state index is 14.4. The standard InChI is InChI=1S/C26H30F6O/c1-2-3-4-5-17-6-8-18(9-7-17)12-13-26(31,32)33-20-10-11-21(22(27)16-20)19-14-23(28)25(30)24(29)15-19/h10-11,14-18H,2-9,12-13H2,1H3. The van der Waals surface area contributed by atoms with Gasteiger partial charge in [-0.05, 0) is 48.1 Å². The molecule has 0 aromatic heterocycles. The summed E-state index contributed by atoms with van der Waals surface area (Å²) in [6.45, 7) is 2.18. The second-order valence-corrected chi connectivity index (χ2v) is 9.06. The van der Waals surface area contributed by atoms with E-state index in [9.17, 15) is 26.3 Å². The van der Waals surface area contributed by atoms with Crippen molar-refractivity contribution in [2.24, 2.45) is 11.8 Å². The number of benzene rings is 2. The summed E-state index contributed by atoms with van der Waals surface area (Å²) in [5.74, 6) is -5.04. The molecule has 0 spiro atoms. The van der Waals surface area contributed by atoms with Gasteiger partial charge in [0.1, 0.15) is 11.6 Å². The van der Waals surface area contributed by atoms with E-state index < -0.39 is 35.8 Å². The van der Waals surface area contributed by atoms with Crippen LogP contribution in [0.2, 0.25) is 0 Å². The molecule has 33 heavy (non-hydrogen) atoms. The van der Waals surface area contributed by atoms with Crippen molar-refractivity contribution in [3.8, 4) is 16.9 Å². The summed E-state index contributed by atoms with van der Waals surface area (Å²) in [4.78, 5) is 0. The van der Waals surface area contributed by atoms with E-state index in [1.54, 1.807) is 0 Å². The van der Waals surface area contributed by atoms with Crippen LogP contribution >= 0.6 is 0 Å². The molecular weight excluding hydrogens is 442 g/mol. The fourth-order valence-corrected chi connectivity index (χ4v) is 4.59. The maximum Gasteiger partial charge on any atom is 0.397 e. The molecule has 0 radical (unpaired) electrons. The second kappa shape index (κ2) is 11.3. The van der Waals surface area contributed by atoms with Crippen LogP contribution in [0.3, 0.4) is 0 Å². The van der Waals surface area contributed by atoms with Crippen molar-refractivity contribution < 1.29 is 31.1 Å². The highest BCUT2D eigenvalue weighted by atomic mass is 19.3. The zero-order valence-corrected chi connectivity index (χ0v) is 18.8. The monoisotopic (exact) mass is 472 g/mol. The van der Waals surface area contributed by atoms with Crippen LogP contribution in [0.4, 0.5) is 26.3 Å². The first-order valence-corrected chi connectivity index (χ1v) is 11.7. The summed E-state index contributed by atoms with van der Waals surface area (Å²) in [6, 6.07) is 4.21. The van der Waals surface area contributed by atoms with Crippen molar-refractivity contribution in [1.29, 1.82) is 0 Å². The van der Waals surface area contributed by atoms with E-state index in [0.29, 0.717) is 24.5 Å². The van der Waals surface area contributed by atoms with Gasteiger partial charge in [0.2, 0.25) is 0 Å². The molecule has 3 rings (SSSR count). The third kappa shape index (κ3) is 7.15. The lowest BCUT2D eigenvalue weighted by Gasteiger charge is -2.29. The van der Waals surface area contributed by atoms with Crippen LogP contribution < -0.4 is 4.74 Å². The second-order valence-electron chi connectivity index (χ2n) is 9.06. The molecule has 1 aliphatic rings. The highest BCUT2D eigenvalue weighted by Crippen LogP contribution is 2.37. The molecule has 0 N–H and O–H groups in total. The largest absolute Gasteiger partial charge is 0.432 e. The SMILES string of the molecule is CCCCCC1CCC(CCC(F)(F)Oc2ccc(-c3cc(F)c(F)c(F)c3)c(F)c2)CC1. The lowest BCUT2D eigenvalue weighted by molar-refractivity contribution is -0.183. The van der Waals surface area contributed by atoms with Gasteiger partial charge in [-0.15, -0.1) is 0 Å². The molecule has 1 aliphatic carbocycles. The van der Waals surface area contributed by atoms with Crippen LogP contribution in [-0.4, -0.2) is 6.11 Å². The Balaban J connectivity index is 1.53. The topological polar surface area (TPSA) is 9.23 Å². The Kier molecular flexibility index (Phi) is 8.71. The number of unbranched alkanes of at least 4 members (excludes halogenated alkanes) is 2. The minimum Gasteiger partial charge on any atom is -0.432 e. The van der Waals surface area contributed by atoms with Gasteiger partial charge in [0.15, 0.2) is 17.5 Å². The molecule has 1 nitrogen and oxygen atoms in total. The lowest BCUT2D eigenvalue weighted by Crippen LogP contribution is -2.26. The van der Waals surface area contributed by atoms with Crippen molar-refractivity contribution in [3.05, 3.63) is 53.6 Å². The molecule has 1 saturated carbocycles. The minimum atomic E-state index is -3.46. The Hall–Kier alpha value is -2.18. The van der Waals surface area contributed by atoms with E-state index in [1.807, 2.05) is 0 Å². The average Bonchev–Trinajstić information content (AvgIpc) is 2.77. The Morgan fingerprint density at radius 2 is 1.42 bits per heavy atom. The van der Waals surface area contributed by atoms with E-state index in [1.165, 1.54) is 25.7 Å². The Morgan fingerprint density at radius 1 is 0.818 bits per heavy atom. The molecule has 0 aliphatic heterocycles. The molecule has 7 heteroatoms. The van der Waals surface area contributed by atoms with Crippen LogP contribution in [-0.2, 0) is 0 Å². The van der Waals surface area contributed by atoms with Crippen LogP contribution in [0.25, 0.3) is 11.1 Å². The van der Waals surface area contributed by atoms with Crippen LogP contribution in [0.5, 0.6) is 5.75 Å². The normalized spacial score (nSPS) is 19.0. The summed E-state index contributed by atoms with van der Waals surface area (Å²) in [6.07, 6.45) is 5.36. The number of rotatable bonds is 10. The predicted molar refractivity (Wildman–Crippen MR) is 116 cm³/mol. The van der Waals surface area contributed by atoms with Gasteiger partial charge in [0.25, 0.3) is 0 Å². The van der Waals surface area contributed by atoms with E-state index in [-0.39, 0.29) is 22.8 Å². The number of ether oxygens (including phenoxy) is 1. The average molecular weight is 473 g/mol. The fourth-order valence-electron chi connectivity index (χ4n) is 4.59. The molecule has 0 amide bonds. The molecule has 1 fully saturated rings. The molecule has 2 aromatic rings. The zero-order valence-electron chi connectivity index (χ0n) is 18.8. The summed E-state index contributed by atoms with van der Waals surface area (Å²) < 4.78 is 87.9. The zero-order chi connectivity index (χ0) is 24.0. The van der Waals surface area contributed by atoms with Crippen LogP contribution in [0.15, 0.2) is 30.3 Å². The van der Waals surface area contributed by atoms with Gasteiger partial charge in [0.05, 0.1) is 6.42 Å². The summed E-state index contributed by atoms with van der Waals surface area (Å²) >= 11 is 0. The van der Waals surface area contributed by atoms with Gasteiger partial charge in [-0.3, -0.25) is 0 Å². The number of halogens is 6. The molecule has 0 heterocycles. The first-order valence-electron chi connectivity index (χ1n) is 11.7. The third-order valence-corrected chi connectivity index (χ3v) is 6.53. The fraction of sp³-hybridized carbons (Fsp3) is 0.538. The molecule has 0 bridgehead atoms. The van der Waals surface area contributed by atoms with Gasteiger partial charge in [-0.1, -0.05) is 58.3 Å². The smallest absolute Gasteiger partial charge is 0.397 e. The van der Waals surface area contributed by atoms with Crippen molar-refractivity contribution in [1.82, 2.24) is 0 Å². The molecule has 182 valence electrons. The van der Waals surface area contributed by atoms with E-state index in [4.69, 9.17) is 4.74 Å². The summed E-state index contributed by atoms with van der Waals surface area (Å²) in [7, 11) is 0. The van der Waals surface area contributed by atoms with Crippen molar-refractivity contribution in [2.45, 2.75) is 77.2 Å². The highest BCUT2D eigenvalue weighted by Gasteiger charge is 2.33. The molecule has 0 saturated heterocycles. The first-order chi connectivity index (χ1) is 15.7. The molecule has 0 unspecified atom stereocenters. The van der Waals surface area contributed by atoms with E-state index >= 15 is 0 Å². The molecule has 0 atom stereocenters. The molecule has 2 aromatic carbocycles. The molecular formula is C26H30F6O. The van der Waals surface area contributed by atoms with Gasteiger partial charge in [0, 0.05) is 11.6 Å². The quantitative estimate of drug-likeness (QED) is 0.190.